The molecule has 0 bridgehead atoms. The summed E-state index contributed by atoms with van der Waals surface area (Å²) in [6, 6.07) is 4.05. The van der Waals surface area contributed by atoms with Crippen LogP contribution in [0.5, 0.6) is 0 Å². The third kappa shape index (κ3) is 2.69. The van der Waals surface area contributed by atoms with Gasteiger partial charge in [-0.25, -0.2) is 4.98 Å². The molecule has 4 heteroatoms. The van der Waals surface area contributed by atoms with Gasteiger partial charge in [0.05, 0.1) is 11.9 Å². The van der Waals surface area contributed by atoms with Gasteiger partial charge in [0.25, 0.3) is 5.91 Å². The molecule has 0 unspecified atom stereocenters. The highest BCUT2D eigenvalue weighted by Crippen LogP contribution is 2.24. The lowest BCUT2D eigenvalue weighted by Crippen LogP contribution is -2.34. The van der Waals surface area contributed by atoms with Gasteiger partial charge in [-0.2, -0.15) is 0 Å². The van der Waals surface area contributed by atoms with Crippen LogP contribution < -0.4 is 9.80 Å². The van der Waals surface area contributed by atoms with Crippen molar-refractivity contribution in [2.24, 2.45) is 5.92 Å². The minimum Gasteiger partial charge on any atom is -0.357 e. The summed E-state index contributed by atoms with van der Waals surface area (Å²) in [5.41, 5.74) is 0.897. The average Bonchev–Trinajstić information content (AvgIpc) is 2.49. The molecular weight excluding hydrogens is 250 g/mol. The van der Waals surface area contributed by atoms with Crippen LogP contribution in [0.3, 0.4) is 0 Å². The lowest BCUT2D eigenvalue weighted by molar-refractivity contribution is -0.114. The summed E-state index contributed by atoms with van der Waals surface area (Å²) in [5, 5.41) is 0. The third-order valence-electron chi connectivity index (χ3n) is 4.20. The van der Waals surface area contributed by atoms with E-state index in [0.29, 0.717) is 0 Å². The van der Waals surface area contributed by atoms with E-state index >= 15 is 0 Å². The quantitative estimate of drug-likeness (QED) is 0.829. The lowest BCUT2D eigenvalue weighted by Gasteiger charge is -2.31. The highest BCUT2D eigenvalue weighted by Gasteiger charge is 2.19. The van der Waals surface area contributed by atoms with Crippen molar-refractivity contribution in [1.82, 2.24) is 4.98 Å². The second-order valence-electron chi connectivity index (χ2n) is 5.73. The van der Waals surface area contributed by atoms with Crippen molar-refractivity contribution in [3.05, 3.63) is 30.5 Å². The molecule has 0 atom stereocenters. The normalized spacial score (nSPS) is 20.6. The molecule has 1 aromatic heterocycles. The Hall–Kier alpha value is -1.84. The van der Waals surface area contributed by atoms with E-state index in [2.05, 4.69) is 16.8 Å². The van der Waals surface area contributed by atoms with Gasteiger partial charge in [-0.15, -0.1) is 0 Å². The summed E-state index contributed by atoms with van der Waals surface area (Å²) in [7, 11) is 0. The first kappa shape index (κ1) is 13.2. The number of aromatic nitrogens is 1. The lowest BCUT2D eigenvalue weighted by atomic mass is 9.99. The molecule has 2 aliphatic heterocycles. The molecule has 1 saturated heterocycles. The van der Waals surface area contributed by atoms with E-state index in [9.17, 15) is 4.79 Å². The first-order valence-electron chi connectivity index (χ1n) is 7.43. The summed E-state index contributed by atoms with van der Waals surface area (Å²) in [6.07, 6.45) is 8.78. The molecule has 3 rings (SSSR count). The van der Waals surface area contributed by atoms with E-state index in [0.717, 1.165) is 43.5 Å². The van der Waals surface area contributed by atoms with Crippen LogP contribution >= 0.6 is 0 Å². The van der Waals surface area contributed by atoms with Crippen LogP contribution in [0, 0.1) is 5.92 Å². The molecule has 0 saturated carbocycles. The molecule has 1 aromatic rings. The zero-order valence-corrected chi connectivity index (χ0v) is 12.0. The van der Waals surface area contributed by atoms with Crippen LogP contribution in [0.25, 0.3) is 0 Å². The van der Waals surface area contributed by atoms with Crippen molar-refractivity contribution in [1.29, 1.82) is 0 Å². The minimum absolute atomic E-state index is 0.0533. The fourth-order valence-corrected chi connectivity index (χ4v) is 2.81. The predicted octanol–water partition coefficient (Wildman–Crippen LogP) is 2.61. The number of carbonyl (C=O) groups excluding carboxylic acids is 1. The monoisotopic (exact) mass is 271 g/mol. The number of amides is 1. The Morgan fingerprint density at radius 2 is 2.00 bits per heavy atom. The van der Waals surface area contributed by atoms with Gasteiger partial charge in [0.2, 0.25) is 0 Å². The maximum Gasteiger partial charge on any atom is 0.250 e. The maximum absolute atomic E-state index is 11.8. The highest BCUT2D eigenvalue weighted by molar-refractivity contribution is 6.02. The van der Waals surface area contributed by atoms with Crippen LogP contribution in [-0.4, -0.2) is 30.5 Å². The molecule has 3 heterocycles. The molecule has 0 aromatic carbocycles. The molecule has 0 N–H and O–H groups in total. The smallest absolute Gasteiger partial charge is 0.250 e. The first-order valence-corrected chi connectivity index (χ1v) is 7.43. The Labute approximate surface area is 120 Å². The highest BCUT2D eigenvalue weighted by atomic mass is 16.2. The standard InChI is InChI=1S/C16H21N3O/c1-13-7-10-18(11-8-13)15-6-5-14(12-17-15)19-9-3-2-4-16(19)20/h2,4-6,12-13H,3,7-11H2,1H3. The van der Waals surface area contributed by atoms with E-state index < -0.39 is 0 Å². The Bertz CT molecular complexity index is 501. The molecule has 1 fully saturated rings. The van der Waals surface area contributed by atoms with Crippen molar-refractivity contribution in [2.45, 2.75) is 26.2 Å². The predicted molar refractivity (Wildman–Crippen MR) is 81.0 cm³/mol. The summed E-state index contributed by atoms with van der Waals surface area (Å²) < 4.78 is 0. The number of anilines is 2. The number of carbonyl (C=O) groups is 1. The average molecular weight is 271 g/mol. The molecule has 1 amide bonds. The maximum atomic E-state index is 11.8. The van der Waals surface area contributed by atoms with Crippen LogP contribution in [0.2, 0.25) is 0 Å². The van der Waals surface area contributed by atoms with Gasteiger partial charge < -0.3 is 9.80 Å². The van der Waals surface area contributed by atoms with E-state index in [1.807, 2.05) is 24.4 Å². The van der Waals surface area contributed by atoms with Gasteiger partial charge in [0, 0.05) is 19.6 Å². The summed E-state index contributed by atoms with van der Waals surface area (Å²) in [6.45, 7) is 5.22. The minimum atomic E-state index is 0.0533. The summed E-state index contributed by atoms with van der Waals surface area (Å²) in [4.78, 5) is 20.5. The topological polar surface area (TPSA) is 36.4 Å². The summed E-state index contributed by atoms with van der Waals surface area (Å²) >= 11 is 0. The molecule has 2 aliphatic rings. The van der Waals surface area contributed by atoms with Crippen molar-refractivity contribution in [2.75, 3.05) is 29.4 Å². The molecular formula is C16H21N3O. The fraction of sp³-hybridized carbons (Fsp3) is 0.500. The van der Waals surface area contributed by atoms with E-state index in [-0.39, 0.29) is 5.91 Å². The van der Waals surface area contributed by atoms with Crippen LogP contribution in [0.4, 0.5) is 11.5 Å². The molecule has 0 spiro atoms. The van der Waals surface area contributed by atoms with Gasteiger partial charge in [0.15, 0.2) is 0 Å². The molecule has 20 heavy (non-hydrogen) atoms. The molecule has 106 valence electrons. The SMILES string of the molecule is CC1CCN(c2ccc(N3CCC=CC3=O)cn2)CC1. The number of rotatable bonds is 2. The largest absolute Gasteiger partial charge is 0.357 e. The number of hydrogen-bond donors (Lipinski definition) is 0. The molecule has 4 nitrogen and oxygen atoms in total. The van der Waals surface area contributed by atoms with Crippen LogP contribution in [-0.2, 0) is 4.79 Å². The van der Waals surface area contributed by atoms with Gasteiger partial charge in [0.1, 0.15) is 5.82 Å². The Morgan fingerprint density at radius 1 is 1.20 bits per heavy atom. The van der Waals surface area contributed by atoms with Crippen molar-refractivity contribution in [3.8, 4) is 0 Å². The van der Waals surface area contributed by atoms with Gasteiger partial charge in [-0.3, -0.25) is 4.79 Å². The molecule has 0 aliphatic carbocycles. The van der Waals surface area contributed by atoms with Gasteiger partial charge >= 0.3 is 0 Å². The van der Waals surface area contributed by atoms with Crippen LogP contribution in [0.1, 0.15) is 26.2 Å². The van der Waals surface area contributed by atoms with Crippen molar-refractivity contribution >= 4 is 17.4 Å². The zero-order chi connectivity index (χ0) is 13.9. The Balaban J connectivity index is 1.71. The number of piperidine rings is 1. The van der Waals surface area contributed by atoms with Gasteiger partial charge in [-0.1, -0.05) is 13.0 Å². The number of hydrogen-bond acceptors (Lipinski definition) is 3. The second-order valence-corrected chi connectivity index (χ2v) is 5.73. The van der Waals surface area contributed by atoms with E-state index in [1.165, 1.54) is 12.8 Å². The fourth-order valence-electron chi connectivity index (χ4n) is 2.81. The number of pyridine rings is 1. The summed E-state index contributed by atoms with van der Waals surface area (Å²) in [5.74, 6) is 1.90. The van der Waals surface area contributed by atoms with Crippen molar-refractivity contribution < 1.29 is 4.79 Å². The van der Waals surface area contributed by atoms with Gasteiger partial charge in [-0.05, 0) is 43.4 Å². The Kier molecular flexibility index (Phi) is 3.72. The zero-order valence-electron chi connectivity index (χ0n) is 12.0. The van der Waals surface area contributed by atoms with E-state index in [4.69, 9.17) is 0 Å². The van der Waals surface area contributed by atoms with E-state index in [1.54, 1.807) is 11.0 Å². The Morgan fingerprint density at radius 3 is 2.65 bits per heavy atom. The first-order chi connectivity index (χ1) is 9.74. The number of nitrogens with zero attached hydrogens (tertiary/aromatic N) is 3. The molecule has 0 radical (unpaired) electrons. The second kappa shape index (κ2) is 5.65. The van der Waals surface area contributed by atoms with Crippen molar-refractivity contribution in [3.63, 3.8) is 0 Å². The third-order valence-corrected chi connectivity index (χ3v) is 4.20. The van der Waals surface area contributed by atoms with Crippen LogP contribution in [0.15, 0.2) is 30.5 Å².